The van der Waals surface area contributed by atoms with Crippen LogP contribution in [0.2, 0.25) is 0 Å². The fourth-order valence-corrected chi connectivity index (χ4v) is 1.69. The number of rotatable bonds is 3. The second-order valence-corrected chi connectivity index (χ2v) is 3.98. The highest BCUT2D eigenvalue weighted by atomic mass is 16.1. The summed E-state index contributed by atoms with van der Waals surface area (Å²) in [5.74, 6) is -0.442. The van der Waals surface area contributed by atoms with E-state index in [1.807, 2.05) is 13.1 Å². The molecule has 0 radical (unpaired) electrons. The number of primary amides is 1. The standard InChI is InChI=1S/C11H15N3O/c1-14(8-3-4-8)10-5-2-7(11(13)15)6-9(10)12/h2,5-6,8H,3-4,12H2,1H3,(H2,13,15). The zero-order valence-electron chi connectivity index (χ0n) is 8.73. The molecule has 1 aliphatic rings. The molecule has 1 saturated carbocycles. The molecule has 1 aliphatic carbocycles. The van der Waals surface area contributed by atoms with E-state index in [1.165, 1.54) is 12.8 Å². The zero-order valence-corrected chi connectivity index (χ0v) is 8.73. The molecule has 0 unspecified atom stereocenters. The molecule has 4 heteroatoms. The number of hydrogen-bond acceptors (Lipinski definition) is 3. The Hall–Kier alpha value is -1.71. The Morgan fingerprint density at radius 2 is 2.13 bits per heavy atom. The summed E-state index contributed by atoms with van der Waals surface area (Å²) in [7, 11) is 2.02. The molecule has 0 heterocycles. The van der Waals surface area contributed by atoms with Crippen LogP contribution in [0.25, 0.3) is 0 Å². The Morgan fingerprint density at radius 3 is 2.60 bits per heavy atom. The van der Waals surface area contributed by atoms with Crippen molar-refractivity contribution in [3.63, 3.8) is 0 Å². The maximum Gasteiger partial charge on any atom is 0.248 e. The summed E-state index contributed by atoms with van der Waals surface area (Å²) in [6, 6.07) is 5.81. The molecule has 1 aromatic rings. The van der Waals surface area contributed by atoms with Gasteiger partial charge in [-0.2, -0.15) is 0 Å². The number of benzene rings is 1. The Morgan fingerprint density at radius 1 is 1.47 bits per heavy atom. The summed E-state index contributed by atoms with van der Waals surface area (Å²) in [6.07, 6.45) is 2.43. The first kappa shape index (κ1) is 9.83. The van der Waals surface area contributed by atoms with Gasteiger partial charge in [0.2, 0.25) is 5.91 Å². The van der Waals surface area contributed by atoms with E-state index in [0.717, 1.165) is 5.69 Å². The van der Waals surface area contributed by atoms with Crippen LogP contribution < -0.4 is 16.4 Å². The topological polar surface area (TPSA) is 72.3 Å². The summed E-state index contributed by atoms with van der Waals surface area (Å²) in [5.41, 5.74) is 13.1. The quantitative estimate of drug-likeness (QED) is 0.722. The third-order valence-corrected chi connectivity index (χ3v) is 2.79. The Bertz CT molecular complexity index is 399. The highest BCUT2D eigenvalue weighted by molar-refractivity contribution is 5.94. The molecule has 0 atom stereocenters. The highest BCUT2D eigenvalue weighted by Gasteiger charge is 2.27. The van der Waals surface area contributed by atoms with Gasteiger partial charge in [-0.25, -0.2) is 0 Å². The number of nitrogens with two attached hydrogens (primary N) is 2. The van der Waals surface area contributed by atoms with Crippen LogP contribution in [-0.4, -0.2) is 19.0 Å². The normalized spacial score (nSPS) is 15.0. The molecular weight excluding hydrogens is 190 g/mol. The van der Waals surface area contributed by atoms with Crippen molar-refractivity contribution in [3.05, 3.63) is 23.8 Å². The lowest BCUT2D eigenvalue weighted by Gasteiger charge is -2.20. The molecule has 0 saturated heterocycles. The molecule has 2 rings (SSSR count). The van der Waals surface area contributed by atoms with Gasteiger partial charge in [-0.3, -0.25) is 4.79 Å². The lowest BCUT2D eigenvalue weighted by atomic mass is 10.1. The number of carbonyl (C=O) groups is 1. The van der Waals surface area contributed by atoms with Crippen LogP contribution in [-0.2, 0) is 0 Å². The van der Waals surface area contributed by atoms with Crippen molar-refractivity contribution in [1.29, 1.82) is 0 Å². The van der Waals surface area contributed by atoms with Gasteiger partial charge in [0.05, 0.1) is 11.4 Å². The highest BCUT2D eigenvalue weighted by Crippen LogP contribution is 2.33. The van der Waals surface area contributed by atoms with Gasteiger partial charge in [-0.05, 0) is 31.0 Å². The van der Waals surface area contributed by atoms with Crippen molar-refractivity contribution in [2.45, 2.75) is 18.9 Å². The van der Waals surface area contributed by atoms with Crippen molar-refractivity contribution >= 4 is 17.3 Å². The van der Waals surface area contributed by atoms with E-state index in [1.54, 1.807) is 12.1 Å². The maximum atomic E-state index is 10.9. The van der Waals surface area contributed by atoms with Crippen LogP contribution in [0.15, 0.2) is 18.2 Å². The number of amides is 1. The smallest absolute Gasteiger partial charge is 0.248 e. The molecule has 1 amide bonds. The summed E-state index contributed by atoms with van der Waals surface area (Å²) in [4.78, 5) is 13.1. The molecule has 0 aromatic heterocycles. The average molecular weight is 205 g/mol. The Labute approximate surface area is 88.9 Å². The number of nitrogens with zero attached hydrogens (tertiary/aromatic N) is 1. The molecule has 15 heavy (non-hydrogen) atoms. The van der Waals surface area contributed by atoms with E-state index in [9.17, 15) is 4.79 Å². The van der Waals surface area contributed by atoms with Gasteiger partial charge in [0.15, 0.2) is 0 Å². The first-order valence-electron chi connectivity index (χ1n) is 5.02. The van der Waals surface area contributed by atoms with Crippen molar-refractivity contribution in [1.82, 2.24) is 0 Å². The Kier molecular flexibility index (Phi) is 2.26. The minimum Gasteiger partial charge on any atom is -0.397 e. The van der Waals surface area contributed by atoms with E-state index in [-0.39, 0.29) is 0 Å². The summed E-state index contributed by atoms with van der Waals surface area (Å²) < 4.78 is 0. The monoisotopic (exact) mass is 205 g/mol. The minimum atomic E-state index is -0.442. The van der Waals surface area contributed by atoms with Gasteiger partial charge in [0.25, 0.3) is 0 Å². The van der Waals surface area contributed by atoms with Crippen LogP contribution in [0, 0.1) is 0 Å². The fourth-order valence-electron chi connectivity index (χ4n) is 1.69. The lowest BCUT2D eigenvalue weighted by molar-refractivity contribution is 0.100. The summed E-state index contributed by atoms with van der Waals surface area (Å²) in [6.45, 7) is 0. The van der Waals surface area contributed by atoms with Crippen LogP contribution in [0.4, 0.5) is 11.4 Å². The SMILES string of the molecule is CN(c1ccc(C(N)=O)cc1N)C1CC1. The van der Waals surface area contributed by atoms with E-state index >= 15 is 0 Å². The van der Waals surface area contributed by atoms with Gasteiger partial charge in [-0.1, -0.05) is 0 Å². The summed E-state index contributed by atoms with van der Waals surface area (Å²) >= 11 is 0. The third kappa shape index (κ3) is 1.88. The fraction of sp³-hybridized carbons (Fsp3) is 0.364. The molecule has 4 nitrogen and oxygen atoms in total. The molecule has 0 bridgehead atoms. The number of anilines is 2. The van der Waals surface area contributed by atoms with Gasteiger partial charge in [-0.15, -0.1) is 0 Å². The number of nitrogen functional groups attached to an aromatic ring is 1. The molecule has 1 aromatic carbocycles. The minimum absolute atomic E-state index is 0.442. The first-order chi connectivity index (χ1) is 7.09. The van der Waals surface area contributed by atoms with Crippen LogP contribution in [0.1, 0.15) is 23.2 Å². The van der Waals surface area contributed by atoms with E-state index in [0.29, 0.717) is 17.3 Å². The summed E-state index contributed by atoms with van der Waals surface area (Å²) in [5, 5.41) is 0. The van der Waals surface area contributed by atoms with Gasteiger partial charge in [0, 0.05) is 18.7 Å². The van der Waals surface area contributed by atoms with E-state index in [2.05, 4.69) is 4.90 Å². The third-order valence-electron chi connectivity index (χ3n) is 2.79. The molecule has 0 aliphatic heterocycles. The Balaban J connectivity index is 2.29. The van der Waals surface area contributed by atoms with E-state index < -0.39 is 5.91 Å². The second-order valence-electron chi connectivity index (χ2n) is 3.98. The lowest BCUT2D eigenvalue weighted by Crippen LogP contribution is -2.21. The predicted molar refractivity (Wildman–Crippen MR) is 60.8 cm³/mol. The van der Waals surface area contributed by atoms with Crippen molar-refractivity contribution < 1.29 is 4.79 Å². The largest absolute Gasteiger partial charge is 0.397 e. The molecule has 4 N–H and O–H groups in total. The van der Waals surface area contributed by atoms with Crippen LogP contribution in [0.5, 0.6) is 0 Å². The maximum absolute atomic E-state index is 10.9. The molecule has 80 valence electrons. The molecular formula is C11H15N3O. The predicted octanol–water partition coefficient (Wildman–Crippen LogP) is 0.966. The number of hydrogen-bond donors (Lipinski definition) is 2. The average Bonchev–Trinajstić information content (AvgIpc) is 2.99. The first-order valence-corrected chi connectivity index (χ1v) is 5.02. The van der Waals surface area contributed by atoms with E-state index in [4.69, 9.17) is 11.5 Å². The van der Waals surface area contributed by atoms with Gasteiger partial charge >= 0.3 is 0 Å². The molecule has 0 spiro atoms. The molecule has 1 fully saturated rings. The van der Waals surface area contributed by atoms with Gasteiger partial charge < -0.3 is 16.4 Å². The zero-order chi connectivity index (χ0) is 11.0. The van der Waals surface area contributed by atoms with Crippen LogP contribution in [0.3, 0.4) is 0 Å². The van der Waals surface area contributed by atoms with Gasteiger partial charge in [0.1, 0.15) is 0 Å². The number of carbonyl (C=O) groups excluding carboxylic acids is 1. The van der Waals surface area contributed by atoms with Crippen molar-refractivity contribution in [2.24, 2.45) is 5.73 Å². The van der Waals surface area contributed by atoms with Crippen LogP contribution >= 0.6 is 0 Å². The van der Waals surface area contributed by atoms with Crippen molar-refractivity contribution in [2.75, 3.05) is 17.7 Å². The van der Waals surface area contributed by atoms with Crippen molar-refractivity contribution in [3.8, 4) is 0 Å². The second kappa shape index (κ2) is 3.46.